The minimum Gasteiger partial charge on any atom is -0.379 e. The van der Waals surface area contributed by atoms with Crippen LogP contribution in [0.1, 0.15) is 36.2 Å². The smallest absolute Gasteiger partial charge is 0.0952 e. The first-order valence-corrected chi connectivity index (χ1v) is 7.23. The molecule has 1 aromatic heterocycles. The highest BCUT2D eigenvalue weighted by Crippen LogP contribution is 2.24. The van der Waals surface area contributed by atoms with Crippen LogP contribution in [0.2, 0.25) is 0 Å². The van der Waals surface area contributed by atoms with Crippen molar-refractivity contribution in [3.8, 4) is 0 Å². The van der Waals surface area contributed by atoms with Crippen molar-refractivity contribution in [2.24, 2.45) is 5.73 Å². The van der Waals surface area contributed by atoms with Gasteiger partial charge in [-0.3, -0.25) is 0 Å². The van der Waals surface area contributed by atoms with Crippen molar-refractivity contribution in [3.63, 3.8) is 0 Å². The van der Waals surface area contributed by atoms with Crippen molar-refractivity contribution in [3.05, 3.63) is 54.1 Å². The first-order valence-electron chi connectivity index (χ1n) is 7.23. The van der Waals surface area contributed by atoms with E-state index in [1.807, 2.05) is 30.7 Å². The van der Waals surface area contributed by atoms with E-state index in [0.29, 0.717) is 6.04 Å². The van der Waals surface area contributed by atoms with Gasteiger partial charge in [-0.15, -0.1) is 0 Å². The van der Waals surface area contributed by atoms with Gasteiger partial charge >= 0.3 is 0 Å². The van der Waals surface area contributed by atoms with Crippen LogP contribution in [0.15, 0.2) is 42.9 Å². The fraction of sp³-hybridized carbons (Fsp3) is 0.438. The highest BCUT2D eigenvalue weighted by Gasteiger charge is 2.20. The standard InChI is InChI=1S/C16H21N3O/c17-15(9-13-5-2-1-3-6-13)16-10-18-12-19(16)14-7-4-8-20-11-14/h1-3,5-6,10,12,14-15H,4,7-9,11,17H2/t14?,15-/m1/s1. The molecule has 0 bridgehead atoms. The highest BCUT2D eigenvalue weighted by molar-refractivity contribution is 5.19. The zero-order valence-corrected chi connectivity index (χ0v) is 11.6. The number of benzene rings is 1. The molecule has 1 unspecified atom stereocenters. The molecule has 1 aliphatic rings. The van der Waals surface area contributed by atoms with Gasteiger partial charge in [0.1, 0.15) is 0 Å². The Labute approximate surface area is 119 Å². The number of aromatic nitrogens is 2. The third-order valence-electron chi connectivity index (χ3n) is 3.90. The molecule has 106 valence electrons. The molecular formula is C16H21N3O. The van der Waals surface area contributed by atoms with E-state index in [9.17, 15) is 0 Å². The van der Waals surface area contributed by atoms with Crippen molar-refractivity contribution < 1.29 is 4.74 Å². The number of ether oxygens (including phenoxy) is 1. The molecule has 2 N–H and O–H groups in total. The number of nitrogens with two attached hydrogens (primary N) is 1. The molecule has 1 aliphatic heterocycles. The highest BCUT2D eigenvalue weighted by atomic mass is 16.5. The Hall–Kier alpha value is -1.65. The molecule has 20 heavy (non-hydrogen) atoms. The summed E-state index contributed by atoms with van der Waals surface area (Å²) in [4.78, 5) is 4.29. The summed E-state index contributed by atoms with van der Waals surface area (Å²) in [7, 11) is 0. The minimum absolute atomic E-state index is 0.0261. The van der Waals surface area contributed by atoms with E-state index in [2.05, 4.69) is 21.7 Å². The molecule has 0 aliphatic carbocycles. The van der Waals surface area contributed by atoms with Crippen LogP contribution in [0.25, 0.3) is 0 Å². The first kappa shape index (κ1) is 13.3. The number of hydrogen-bond acceptors (Lipinski definition) is 3. The predicted octanol–water partition coefficient (Wildman–Crippen LogP) is 2.48. The molecule has 4 heteroatoms. The lowest BCUT2D eigenvalue weighted by molar-refractivity contribution is 0.0579. The quantitative estimate of drug-likeness (QED) is 0.929. The van der Waals surface area contributed by atoms with Crippen molar-refractivity contribution in [2.75, 3.05) is 13.2 Å². The van der Waals surface area contributed by atoms with Crippen LogP contribution < -0.4 is 5.73 Å². The predicted molar refractivity (Wildman–Crippen MR) is 78.4 cm³/mol. The normalized spacial score (nSPS) is 20.8. The van der Waals surface area contributed by atoms with Gasteiger partial charge in [0.2, 0.25) is 0 Å². The molecule has 2 aromatic rings. The number of rotatable bonds is 4. The first-order chi connectivity index (χ1) is 9.84. The molecule has 1 aromatic carbocycles. The lowest BCUT2D eigenvalue weighted by Crippen LogP contribution is -2.25. The van der Waals surface area contributed by atoms with Crippen LogP contribution in [0, 0.1) is 0 Å². The number of hydrogen-bond donors (Lipinski definition) is 1. The third-order valence-corrected chi connectivity index (χ3v) is 3.90. The minimum atomic E-state index is -0.0261. The van der Waals surface area contributed by atoms with Gasteiger partial charge in [-0.05, 0) is 24.8 Å². The second-order valence-electron chi connectivity index (χ2n) is 5.39. The topological polar surface area (TPSA) is 53.1 Å². The summed E-state index contributed by atoms with van der Waals surface area (Å²) in [5, 5.41) is 0. The average Bonchev–Trinajstić information content (AvgIpc) is 2.99. The average molecular weight is 271 g/mol. The van der Waals surface area contributed by atoms with E-state index in [0.717, 1.165) is 38.2 Å². The summed E-state index contributed by atoms with van der Waals surface area (Å²) >= 11 is 0. The fourth-order valence-corrected chi connectivity index (χ4v) is 2.82. The zero-order valence-electron chi connectivity index (χ0n) is 11.6. The summed E-state index contributed by atoms with van der Waals surface area (Å²) in [6.07, 6.45) is 6.86. The van der Waals surface area contributed by atoms with E-state index in [4.69, 9.17) is 10.5 Å². The lowest BCUT2D eigenvalue weighted by atomic mass is 10.0. The number of imidazole rings is 1. The van der Waals surface area contributed by atoms with Gasteiger partial charge in [-0.1, -0.05) is 30.3 Å². The molecule has 2 heterocycles. The van der Waals surface area contributed by atoms with Crippen LogP contribution >= 0.6 is 0 Å². The SMILES string of the molecule is N[C@H](Cc1ccccc1)c1cncn1C1CCCOC1. The Kier molecular flexibility index (Phi) is 4.14. The second kappa shape index (κ2) is 6.20. The monoisotopic (exact) mass is 271 g/mol. The molecule has 0 amide bonds. The van der Waals surface area contributed by atoms with Gasteiger partial charge < -0.3 is 15.0 Å². The van der Waals surface area contributed by atoms with Crippen molar-refractivity contribution in [2.45, 2.75) is 31.3 Å². The molecule has 0 radical (unpaired) electrons. The summed E-state index contributed by atoms with van der Waals surface area (Å²) in [5.74, 6) is 0. The zero-order chi connectivity index (χ0) is 13.8. The summed E-state index contributed by atoms with van der Waals surface area (Å²) in [6.45, 7) is 1.64. The Morgan fingerprint density at radius 3 is 2.95 bits per heavy atom. The molecule has 2 atom stereocenters. The van der Waals surface area contributed by atoms with Crippen LogP contribution in [0.3, 0.4) is 0 Å². The molecule has 0 spiro atoms. The van der Waals surface area contributed by atoms with Crippen molar-refractivity contribution in [1.29, 1.82) is 0 Å². The van der Waals surface area contributed by atoms with Gasteiger partial charge in [0.15, 0.2) is 0 Å². The van der Waals surface area contributed by atoms with Gasteiger partial charge in [0, 0.05) is 12.8 Å². The van der Waals surface area contributed by atoms with Gasteiger partial charge in [0.05, 0.1) is 30.7 Å². The van der Waals surface area contributed by atoms with Crippen molar-refractivity contribution in [1.82, 2.24) is 9.55 Å². The molecule has 0 saturated carbocycles. The van der Waals surface area contributed by atoms with Crippen LogP contribution in [-0.2, 0) is 11.2 Å². The van der Waals surface area contributed by atoms with Crippen LogP contribution in [-0.4, -0.2) is 22.8 Å². The van der Waals surface area contributed by atoms with E-state index in [1.165, 1.54) is 5.56 Å². The van der Waals surface area contributed by atoms with E-state index in [1.54, 1.807) is 0 Å². The molecule has 1 saturated heterocycles. The third kappa shape index (κ3) is 2.92. The molecule has 1 fully saturated rings. The summed E-state index contributed by atoms with van der Waals surface area (Å²) in [5.41, 5.74) is 8.74. The van der Waals surface area contributed by atoms with E-state index >= 15 is 0 Å². The maximum atomic E-state index is 6.38. The molecular weight excluding hydrogens is 250 g/mol. The largest absolute Gasteiger partial charge is 0.379 e. The molecule has 3 rings (SSSR count). The maximum absolute atomic E-state index is 6.38. The summed E-state index contributed by atoms with van der Waals surface area (Å²) in [6, 6.07) is 10.7. The maximum Gasteiger partial charge on any atom is 0.0952 e. The molecule has 4 nitrogen and oxygen atoms in total. The van der Waals surface area contributed by atoms with E-state index in [-0.39, 0.29) is 6.04 Å². The summed E-state index contributed by atoms with van der Waals surface area (Å²) < 4.78 is 7.77. The van der Waals surface area contributed by atoms with Crippen LogP contribution in [0.4, 0.5) is 0 Å². The fourth-order valence-electron chi connectivity index (χ4n) is 2.82. The van der Waals surface area contributed by atoms with Crippen LogP contribution in [0.5, 0.6) is 0 Å². The Balaban J connectivity index is 1.75. The second-order valence-corrected chi connectivity index (χ2v) is 5.39. The number of nitrogens with zero attached hydrogens (tertiary/aromatic N) is 2. The van der Waals surface area contributed by atoms with E-state index < -0.39 is 0 Å². The van der Waals surface area contributed by atoms with Crippen molar-refractivity contribution >= 4 is 0 Å². The Morgan fingerprint density at radius 2 is 2.20 bits per heavy atom. The van der Waals surface area contributed by atoms with Gasteiger partial charge in [0.25, 0.3) is 0 Å². The van der Waals surface area contributed by atoms with Gasteiger partial charge in [-0.2, -0.15) is 0 Å². The van der Waals surface area contributed by atoms with Gasteiger partial charge in [-0.25, -0.2) is 4.98 Å². The lowest BCUT2D eigenvalue weighted by Gasteiger charge is -2.26. The Bertz CT molecular complexity index is 532. The Morgan fingerprint density at radius 1 is 1.35 bits per heavy atom.